The molecule has 1 rings (SSSR count). The molecule has 0 fully saturated rings. The molecular weight excluding hydrogens is 286 g/mol. The lowest BCUT2D eigenvalue weighted by Crippen LogP contribution is -2.35. The van der Waals surface area contributed by atoms with Gasteiger partial charge < -0.3 is 14.8 Å². The second-order valence-corrected chi connectivity index (χ2v) is 6.42. The lowest BCUT2D eigenvalue weighted by atomic mass is 10.1. The standard InChI is InChI=1S/C17H26ClNO2/c1-6-7-8-9-21-16-13(12-19-17(2,3)4)10-14(18)11-15(16)20-5/h6,10-11,19H,1,7-9,12H2,2-5H3. The average molecular weight is 312 g/mol. The van der Waals surface area contributed by atoms with Crippen molar-refractivity contribution in [1.29, 1.82) is 0 Å². The molecule has 0 bridgehead atoms. The van der Waals surface area contributed by atoms with Crippen LogP contribution in [0.5, 0.6) is 11.5 Å². The molecule has 0 aliphatic rings. The molecule has 0 heterocycles. The van der Waals surface area contributed by atoms with Crippen LogP contribution in [-0.4, -0.2) is 19.3 Å². The van der Waals surface area contributed by atoms with E-state index in [1.807, 2.05) is 12.1 Å². The van der Waals surface area contributed by atoms with Crippen molar-refractivity contribution in [2.24, 2.45) is 0 Å². The third-order valence-corrected chi connectivity index (χ3v) is 3.14. The van der Waals surface area contributed by atoms with E-state index in [9.17, 15) is 0 Å². The summed E-state index contributed by atoms with van der Waals surface area (Å²) in [4.78, 5) is 0. The van der Waals surface area contributed by atoms with Crippen LogP contribution in [0.25, 0.3) is 0 Å². The predicted octanol–water partition coefficient (Wildman–Crippen LogP) is 4.58. The highest BCUT2D eigenvalue weighted by atomic mass is 35.5. The number of hydrogen-bond acceptors (Lipinski definition) is 3. The molecule has 0 saturated heterocycles. The van der Waals surface area contributed by atoms with Crippen LogP contribution < -0.4 is 14.8 Å². The van der Waals surface area contributed by atoms with Crippen LogP contribution in [0.3, 0.4) is 0 Å². The minimum Gasteiger partial charge on any atom is -0.493 e. The highest BCUT2D eigenvalue weighted by molar-refractivity contribution is 6.30. The van der Waals surface area contributed by atoms with Gasteiger partial charge in [-0.05, 0) is 39.7 Å². The number of unbranched alkanes of at least 4 members (excludes halogenated alkanes) is 1. The van der Waals surface area contributed by atoms with Crippen LogP contribution in [0.4, 0.5) is 0 Å². The van der Waals surface area contributed by atoms with Crippen LogP contribution in [0, 0.1) is 0 Å². The van der Waals surface area contributed by atoms with Crippen LogP contribution >= 0.6 is 11.6 Å². The first-order valence-electron chi connectivity index (χ1n) is 7.22. The lowest BCUT2D eigenvalue weighted by molar-refractivity contribution is 0.285. The van der Waals surface area contributed by atoms with Gasteiger partial charge in [0.25, 0.3) is 0 Å². The monoisotopic (exact) mass is 311 g/mol. The maximum Gasteiger partial charge on any atom is 0.165 e. The molecule has 1 aromatic rings. The van der Waals surface area contributed by atoms with Gasteiger partial charge in [-0.2, -0.15) is 0 Å². The summed E-state index contributed by atoms with van der Waals surface area (Å²) in [6.45, 7) is 11.4. The van der Waals surface area contributed by atoms with Crippen molar-refractivity contribution in [3.05, 3.63) is 35.4 Å². The Morgan fingerprint density at radius 1 is 1.33 bits per heavy atom. The molecule has 3 nitrogen and oxygen atoms in total. The van der Waals surface area contributed by atoms with E-state index in [0.29, 0.717) is 23.9 Å². The average Bonchev–Trinajstić information content (AvgIpc) is 2.41. The molecule has 0 atom stereocenters. The topological polar surface area (TPSA) is 30.5 Å². The van der Waals surface area contributed by atoms with Gasteiger partial charge in [0.15, 0.2) is 11.5 Å². The van der Waals surface area contributed by atoms with Gasteiger partial charge in [0.05, 0.1) is 13.7 Å². The zero-order chi connectivity index (χ0) is 15.9. The second kappa shape index (κ2) is 8.30. The SMILES string of the molecule is C=CCCCOc1c(CNC(C)(C)C)cc(Cl)cc1OC. The predicted molar refractivity (Wildman–Crippen MR) is 89.5 cm³/mol. The Labute approximate surface area is 133 Å². The van der Waals surface area contributed by atoms with Gasteiger partial charge in [-0.1, -0.05) is 17.7 Å². The summed E-state index contributed by atoms with van der Waals surface area (Å²) in [7, 11) is 1.63. The molecule has 0 unspecified atom stereocenters. The van der Waals surface area contributed by atoms with E-state index in [0.717, 1.165) is 24.2 Å². The maximum absolute atomic E-state index is 6.16. The van der Waals surface area contributed by atoms with Gasteiger partial charge in [-0.25, -0.2) is 0 Å². The molecule has 1 aromatic carbocycles. The Morgan fingerprint density at radius 2 is 2.05 bits per heavy atom. The van der Waals surface area contributed by atoms with Crippen molar-refractivity contribution in [1.82, 2.24) is 5.32 Å². The molecule has 0 aliphatic heterocycles. The number of rotatable bonds is 8. The minimum atomic E-state index is 0.0235. The highest BCUT2D eigenvalue weighted by Gasteiger charge is 2.15. The lowest BCUT2D eigenvalue weighted by Gasteiger charge is -2.22. The van der Waals surface area contributed by atoms with Crippen LogP contribution in [-0.2, 0) is 6.54 Å². The molecular formula is C17H26ClNO2. The van der Waals surface area contributed by atoms with Gasteiger partial charge in [-0.15, -0.1) is 6.58 Å². The smallest absolute Gasteiger partial charge is 0.165 e. The van der Waals surface area contributed by atoms with Crippen LogP contribution in [0.1, 0.15) is 39.2 Å². The molecule has 1 N–H and O–H groups in total. The van der Waals surface area contributed by atoms with E-state index in [-0.39, 0.29) is 5.54 Å². The quantitative estimate of drug-likeness (QED) is 0.563. The van der Waals surface area contributed by atoms with Crippen molar-refractivity contribution in [3.63, 3.8) is 0 Å². The van der Waals surface area contributed by atoms with E-state index in [4.69, 9.17) is 21.1 Å². The Balaban J connectivity index is 2.91. The largest absolute Gasteiger partial charge is 0.493 e. The van der Waals surface area contributed by atoms with Crippen molar-refractivity contribution < 1.29 is 9.47 Å². The molecule has 118 valence electrons. The third-order valence-electron chi connectivity index (χ3n) is 2.92. The summed E-state index contributed by atoms with van der Waals surface area (Å²) in [6.07, 6.45) is 3.76. The normalized spacial score (nSPS) is 11.3. The second-order valence-electron chi connectivity index (χ2n) is 5.98. The van der Waals surface area contributed by atoms with E-state index >= 15 is 0 Å². The molecule has 4 heteroatoms. The van der Waals surface area contributed by atoms with Crippen LogP contribution in [0.2, 0.25) is 5.02 Å². The van der Waals surface area contributed by atoms with Crippen molar-refractivity contribution in [3.8, 4) is 11.5 Å². The fourth-order valence-electron chi connectivity index (χ4n) is 1.83. The third kappa shape index (κ3) is 6.40. The first-order chi connectivity index (χ1) is 9.87. The van der Waals surface area contributed by atoms with Crippen LogP contribution in [0.15, 0.2) is 24.8 Å². The Kier molecular flexibility index (Phi) is 7.06. The first-order valence-corrected chi connectivity index (χ1v) is 7.60. The maximum atomic E-state index is 6.16. The summed E-state index contributed by atoms with van der Waals surface area (Å²) >= 11 is 6.16. The van der Waals surface area contributed by atoms with Crippen molar-refractivity contribution in [2.75, 3.05) is 13.7 Å². The first kappa shape index (κ1) is 17.9. The Hall–Kier alpha value is -1.19. The number of methoxy groups -OCH3 is 1. The minimum absolute atomic E-state index is 0.0235. The van der Waals surface area contributed by atoms with Gasteiger partial charge in [0.2, 0.25) is 0 Å². The number of nitrogens with one attached hydrogen (secondary N) is 1. The van der Waals surface area contributed by atoms with E-state index in [2.05, 4.69) is 32.7 Å². The summed E-state index contributed by atoms with van der Waals surface area (Å²) in [6, 6.07) is 3.70. The van der Waals surface area contributed by atoms with Gasteiger partial charge in [0.1, 0.15) is 0 Å². The molecule has 0 aliphatic carbocycles. The number of allylic oxidation sites excluding steroid dienone is 1. The Bertz CT molecular complexity index is 467. The molecule has 0 radical (unpaired) electrons. The summed E-state index contributed by atoms with van der Waals surface area (Å²) in [5, 5.41) is 4.10. The fraction of sp³-hybridized carbons (Fsp3) is 0.529. The summed E-state index contributed by atoms with van der Waals surface area (Å²) in [5.74, 6) is 1.44. The highest BCUT2D eigenvalue weighted by Crippen LogP contribution is 2.35. The molecule has 0 amide bonds. The Morgan fingerprint density at radius 3 is 2.62 bits per heavy atom. The van der Waals surface area contributed by atoms with E-state index in [1.165, 1.54) is 0 Å². The van der Waals surface area contributed by atoms with E-state index in [1.54, 1.807) is 13.2 Å². The fourth-order valence-corrected chi connectivity index (χ4v) is 2.06. The molecule has 0 saturated carbocycles. The van der Waals surface area contributed by atoms with E-state index < -0.39 is 0 Å². The van der Waals surface area contributed by atoms with Crippen molar-refractivity contribution in [2.45, 2.75) is 45.7 Å². The van der Waals surface area contributed by atoms with Gasteiger partial charge in [0, 0.05) is 28.7 Å². The molecule has 0 spiro atoms. The molecule has 21 heavy (non-hydrogen) atoms. The number of hydrogen-bond donors (Lipinski definition) is 1. The number of ether oxygens (including phenoxy) is 2. The summed E-state index contributed by atoms with van der Waals surface area (Å²) < 4.78 is 11.3. The van der Waals surface area contributed by atoms with Gasteiger partial charge in [-0.3, -0.25) is 0 Å². The number of benzene rings is 1. The zero-order valence-corrected chi connectivity index (χ0v) is 14.2. The van der Waals surface area contributed by atoms with Gasteiger partial charge >= 0.3 is 0 Å². The van der Waals surface area contributed by atoms with Crippen molar-refractivity contribution >= 4 is 11.6 Å². The molecule has 0 aromatic heterocycles. The summed E-state index contributed by atoms with van der Waals surface area (Å²) in [5.41, 5.74) is 1.03. The number of halogens is 1. The zero-order valence-electron chi connectivity index (χ0n) is 13.5.